The number of nitrogens with zero attached hydrogens (tertiary/aromatic N) is 2. The van der Waals surface area contributed by atoms with Crippen LogP contribution in [0, 0.1) is 24.0 Å². The number of unbranched alkanes of at least 4 members (excludes halogenated alkanes) is 1. The Morgan fingerprint density at radius 1 is 1.15 bits per heavy atom. The Morgan fingerprint density at radius 2 is 1.75 bits per heavy atom. The summed E-state index contributed by atoms with van der Waals surface area (Å²) < 4.78 is 0. The first-order valence-corrected chi connectivity index (χ1v) is 7.38. The van der Waals surface area contributed by atoms with Gasteiger partial charge in [0.15, 0.2) is 0 Å². The Kier molecular flexibility index (Phi) is 6.65. The van der Waals surface area contributed by atoms with Gasteiger partial charge in [-0.3, -0.25) is 10.1 Å². The highest BCUT2D eigenvalue weighted by molar-refractivity contribution is 5.46. The van der Waals surface area contributed by atoms with Crippen LogP contribution in [-0.4, -0.2) is 30.0 Å². The van der Waals surface area contributed by atoms with Crippen molar-refractivity contribution in [2.75, 3.05) is 20.1 Å². The van der Waals surface area contributed by atoms with Gasteiger partial charge in [-0.2, -0.15) is 0 Å². The van der Waals surface area contributed by atoms with Crippen LogP contribution in [0.3, 0.4) is 0 Å². The quantitative estimate of drug-likeness (QED) is 0.535. The van der Waals surface area contributed by atoms with Crippen molar-refractivity contribution in [2.24, 2.45) is 0 Å². The van der Waals surface area contributed by atoms with Crippen LogP contribution < -0.4 is 0 Å². The first-order valence-electron chi connectivity index (χ1n) is 7.38. The largest absolute Gasteiger partial charge is 0.306 e. The first kappa shape index (κ1) is 16.6. The smallest absolute Gasteiger partial charge is 0.272 e. The predicted molar refractivity (Wildman–Crippen MR) is 83.3 cm³/mol. The van der Waals surface area contributed by atoms with Crippen molar-refractivity contribution in [2.45, 2.75) is 46.5 Å². The Balaban J connectivity index is 2.63. The molecule has 4 heteroatoms. The van der Waals surface area contributed by atoms with Gasteiger partial charge in [-0.05, 0) is 70.4 Å². The van der Waals surface area contributed by atoms with E-state index >= 15 is 0 Å². The van der Waals surface area contributed by atoms with Crippen molar-refractivity contribution in [1.29, 1.82) is 0 Å². The SMILES string of the molecule is CCCCN(C)CCCc1cc(C)c(C)cc1[N+](=O)[O-]. The molecule has 0 radical (unpaired) electrons. The highest BCUT2D eigenvalue weighted by atomic mass is 16.6. The maximum Gasteiger partial charge on any atom is 0.272 e. The van der Waals surface area contributed by atoms with E-state index in [0.717, 1.165) is 42.6 Å². The summed E-state index contributed by atoms with van der Waals surface area (Å²) in [6.07, 6.45) is 4.14. The van der Waals surface area contributed by atoms with Gasteiger partial charge in [0.2, 0.25) is 0 Å². The maximum absolute atomic E-state index is 11.1. The molecule has 0 aliphatic carbocycles. The number of aryl methyl sites for hydroxylation is 3. The van der Waals surface area contributed by atoms with Crippen LogP contribution in [0.25, 0.3) is 0 Å². The third kappa shape index (κ3) is 4.93. The van der Waals surface area contributed by atoms with E-state index in [1.807, 2.05) is 19.9 Å². The minimum atomic E-state index is -0.261. The van der Waals surface area contributed by atoms with E-state index in [1.165, 1.54) is 12.8 Å². The third-order valence-corrected chi connectivity index (χ3v) is 3.77. The lowest BCUT2D eigenvalue weighted by molar-refractivity contribution is -0.385. The average Bonchev–Trinajstić information content (AvgIpc) is 2.39. The lowest BCUT2D eigenvalue weighted by Gasteiger charge is -2.16. The molecule has 0 amide bonds. The van der Waals surface area contributed by atoms with Crippen molar-refractivity contribution in [1.82, 2.24) is 4.90 Å². The van der Waals surface area contributed by atoms with Crippen molar-refractivity contribution in [3.63, 3.8) is 0 Å². The standard InChI is InChI=1S/C16H26N2O2/c1-5-6-9-17(4)10-7-8-15-11-13(2)14(3)12-16(15)18(19)20/h11-12H,5-10H2,1-4H3. The van der Waals surface area contributed by atoms with Gasteiger partial charge in [0, 0.05) is 11.6 Å². The van der Waals surface area contributed by atoms with Gasteiger partial charge in [-0.25, -0.2) is 0 Å². The van der Waals surface area contributed by atoms with Crippen LogP contribution in [0.4, 0.5) is 5.69 Å². The van der Waals surface area contributed by atoms with Crippen LogP contribution in [0.15, 0.2) is 12.1 Å². The number of benzene rings is 1. The van der Waals surface area contributed by atoms with Gasteiger partial charge >= 0.3 is 0 Å². The summed E-state index contributed by atoms with van der Waals surface area (Å²) in [6, 6.07) is 3.67. The Morgan fingerprint density at radius 3 is 2.35 bits per heavy atom. The van der Waals surface area contributed by atoms with Crippen molar-refractivity contribution >= 4 is 5.69 Å². The van der Waals surface area contributed by atoms with Gasteiger partial charge in [-0.1, -0.05) is 13.3 Å². The van der Waals surface area contributed by atoms with E-state index in [-0.39, 0.29) is 10.6 Å². The zero-order valence-electron chi connectivity index (χ0n) is 13.1. The van der Waals surface area contributed by atoms with Crippen molar-refractivity contribution in [3.05, 3.63) is 38.9 Å². The molecule has 0 aliphatic rings. The summed E-state index contributed by atoms with van der Waals surface area (Å²) in [5.41, 5.74) is 3.25. The second-order valence-electron chi connectivity index (χ2n) is 5.58. The molecular formula is C16H26N2O2. The Hall–Kier alpha value is -1.42. The second kappa shape index (κ2) is 8.00. The predicted octanol–water partition coefficient (Wildman–Crippen LogP) is 3.88. The molecule has 0 saturated carbocycles. The van der Waals surface area contributed by atoms with Gasteiger partial charge in [0.1, 0.15) is 0 Å². The minimum absolute atomic E-state index is 0.261. The number of nitro benzene ring substituents is 1. The number of nitro groups is 1. The lowest BCUT2D eigenvalue weighted by Crippen LogP contribution is -2.21. The molecule has 1 aromatic rings. The van der Waals surface area contributed by atoms with Crippen molar-refractivity contribution in [3.8, 4) is 0 Å². The molecule has 0 aromatic heterocycles. The van der Waals surface area contributed by atoms with Gasteiger partial charge < -0.3 is 4.90 Å². The molecule has 0 heterocycles. The molecule has 0 spiro atoms. The van der Waals surface area contributed by atoms with E-state index in [9.17, 15) is 10.1 Å². The van der Waals surface area contributed by atoms with Crippen LogP contribution in [0.1, 0.15) is 42.9 Å². The zero-order chi connectivity index (χ0) is 15.1. The van der Waals surface area contributed by atoms with Crippen molar-refractivity contribution < 1.29 is 4.92 Å². The van der Waals surface area contributed by atoms with Crippen LogP contribution >= 0.6 is 0 Å². The average molecular weight is 278 g/mol. The Bertz CT molecular complexity index is 458. The maximum atomic E-state index is 11.1. The summed E-state index contributed by atoms with van der Waals surface area (Å²) in [5.74, 6) is 0. The van der Waals surface area contributed by atoms with Crippen LogP contribution in [0.5, 0.6) is 0 Å². The van der Waals surface area contributed by atoms with E-state index in [0.29, 0.717) is 0 Å². The molecule has 0 unspecified atom stereocenters. The highest BCUT2D eigenvalue weighted by Gasteiger charge is 2.15. The van der Waals surface area contributed by atoms with Gasteiger partial charge in [0.25, 0.3) is 5.69 Å². The van der Waals surface area contributed by atoms with E-state index in [1.54, 1.807) is 6.07 Å². The monoisotopic (exact) mass is 278 g/mol. The molecule has 4 nitrogen and oxygen atoms in total. The second-order valence-corrected chi connectivity index (χ2v) is 5.58. The summed E-state index contributed by atoms with van der Waals surface area (Å²) >= 11 is 0. The lowest BCUT2D eigenvalue weighted by atomic mass is 10.0. The fraction of sp³-hybridized carbons (Fsp3) is 0.625. The number of hydrogen-bond acceptors (Lipinski definition) is 3. The Labute approximate surface area is 121 Å². The fourth-order valence-electron chi connectivity index (χ4n) is 2.31. The minimum Gasteiger partial charge on any atom is -0.306 e. The number of hydrogen-bond donors (Lipinski definition) is 0. The molecule has 0 bridgehead atoms. The van der Waals surface area contributed by atoms with Crippen LogP contribution in [0.2, 0.25) is 0 Å². The topological polar surface area (TPSA) is 46.4 Å². The molecule has 20 heavy (non-hydrogen) atoms. The first-order chi connectivity index (χ1) is 9.45. The molecular weight excluding hydrogens is 252 g/mol. The summed E-state index contributed by atoms with van der Waals surface area (Å²) in [6.45, 7) is 8.21. The van der Waals surface area contributed by atoms with E-state index < -0.39 is 0 Å². The van der Waals surface area contributed by atoms with Crippen LogP contribution in [-0.2, 0) is 6.42 Å². The van der Waals surface area contributed by atoms with E-state index in [4.69, 9.17) is 0 Å². The molecule has 0 fully saturated rings. The summed E-state index contributed by atoms with van der Waals surface area (Å²) in [5, 5.41) is 11.1. The van der Waals surface area contributed by atoms with Gasteiger partial charge in [-0.15, -0.1) is 0 Å². The zero-order valence-corrected chi connectivity index (χ0v) is 13.1. The fourth-order valence-corrected chi connectivity index (χ4v) is 2.31. The molecule has 0 atom stereocenters. The van der Waals surface area contributed by atoms with E-state index in [2.05, 4.69) is 18.9 Å². The number of rotatable bonds is 8. The molecule has 0 N–H and O–H groups in total. The molecule has 1 rings (SSSR count). The highest BCUT2D eigenvalue weighted by Crippen LogP contribution is 2.24. The molecule has 0 saturated heterocycles. The molecule has 1 aromatic carbocycles. The third-order valence-electron chi connectivity index (χ3n) is 3.77. The van der Waals surface area contributed by atoms with Gasteiger partial charge in [0.05, 0.1) is 4.92 Å². The normalized spacial score (nSPS) is 11.1. The summed E-state index contributed by atoms with van der Waals surface area (Å²) in [7, 11) is 2.12. The molecule has 112 valence electrons. The summed E-state index contributed by atoms with van der Waals surface area (Å²) in [4.78, 5) is 13.2. The molecule has 0 aliphatic heterocycles.